The standard InChI is InChI=1S/C24H32NO2/c1-5-20(2)23-14-11-22(12-15-23)19-25(3,4)17-18-27-24(26)16-13-21-9-7-6-8-10-21/h6-16,20H,5,17-19H2,1-4H3/q+1. The van der Waals surface area contributed by atoms with E-state index in [0.717, 1.165) is 29.6 Å². The van der Waals surface area contributed by atoms with Gasteiger partial charge in [-0.1, -0.05) is 68.4 Å². The van der Waals surface area contributed by atoms with E-state index in [1.165, 1.54) is 17.2 Å². The number of ether oxygens (including phenoxy) is 1. The van der Waals surface area contributed by atoms with Crippen molar-refractivity contribution in [3.8, 4) is 0 Å². The molecule has 2 aromatic rings. The summed E-state index contributed by atoms with van der Waals surface area (Å²) in [4.78, 5) is 11.9. The number of nitrogens with zero attached hydrogens (tertiary/aromatic N) is 1. The smallest absolute Gasteiger partial charge is 0.330 e. The molecule has 0 aliphatic rings. The maximum atomic E-state index is 11.9. The second kappa shape index (κ2) is 10.1. The third-order valence-corrected chi connectivity index (χ3v) is 4.92. The molecule has 0 saturated heterocycles. The minimum Gasteiger partial charge on any atom is -0.457 e. The van der Waals surface area contributed by atoms with Gasteiger partial charge < -0.3 is 9.22 Å². The molecule has 3 heteroatoms. The predicted octanol–water partition coefficient (Wildman–Crippen LogP) is 5.03. The van der Waals surface area contributed by atoms with Gasteiger partial charge in [0, 0.05) is 11.6 Å². The van der Waals surface area contributed by atoms with Gasteiger partial charge in [-0.05, 0) is 29.5 Å². The molecule has 0 N–H and O–H groups in total. The monoisotopic (exact) mass is 366 g/mol. The van der Waals surface area contributed by atoms with Crippen LogP contribution in [0.5, 0.6) is 0 Å². The Hall–Kier alpha value is -2.39. The van der Waals surface area contributed by atoms with E-state index in [4.69, 9.17) is 4.74 Å². The zero-order valence-corrected chi connectivity index (χ0v) is 17.0. The molecule has 0 saturated carbocycles. The van der Waals surface area contributed by atoms with Gasteiger partial charge in [-0.25, -0.2) is 4.79 Å². The van der Waals surface area contributed by atoms with E-state index < -0.39 is 0 Å². The van der Waals surface area contributed by atoms with Crippen molar-refractivity contribution < 1.29 is 14.0 Å². The van der Waals surface area contributed by atoms with Crippen molar-refractivity contribution in [1.29, 1.82) is 0 Å². The van der Waals surface area contributed by atoms with Gasteiger partial charge >= 0.3 is 5.97 Å². The number of carbonyl (C=O) groups is 1. The Kier molecular flexibility index (Phi) is 7.81. The van der Waals surface area contributed by atoms with Crippen molar-refractivity contribution in [2.75, 3.05) is 27.2 Å². The van der Waals surface area contributed by atoms with Gasteiger partial charge in [0.15, 0.2) is 0 Å². The second-order valence-corrected chi connectivity index (χ2v) is 7.78. The first-order chi connectivity index (χ1) is 12.9. The summed E-state index contributed by atoms with van der Waals surface area (Å²) in [5.74, 6) is 0.307. The van der Waals surface area contributed by atoms with Crippen LogP contribution in [0.2, 0.25) is 0 Å². The second-order valence-electron chi connectivity index (χ2n) is 7.78. The average Bonchev–Trinajstić information content (AvgIpc) is 2.66. The van der Waals surface area contributed by atoms with Crippen LogP contribution in [0.15, 0.2) is 60.7 Å². The summed E-state index contributed by atoms with van der Waals surface area (Å²) in [6.07, 6.45) is 4.43. The molecule has 0 bridgehead atoms. The Morgan fingerprint density at radius 1 is 1.07 bits per heavy atom. The van der Waals surface area contributed by atoms with Crippen LogP contribution >= 0.6 is 0 Å². The van der Waals surface area contributed by atoms with Crippen molar-refractivity contribution in [1.82, 2.24) is 0 Å². The fourth-order valence-electron chi connectivity index (χ4n) is 2.93. The largest absolute Gasteiger partial charge is 0.457 e. The predicted molar refractivity (Wildman–Crippen MR) is 112 cm³/mol. The molecule has 0 aliphatic heterocycles. The molecule has 144 valence electrons. The van der Waals surface area contributed by atoms with E-state index in [0.29, 0.717) is 12.5 Å². The van der Waals surface area contributed by atoms with Gasteiger partial charge in [0.25, 0.3) is 0 Å². The number of carbonyl (C=O) groups excluding carboxylic acids is 1. The Labute approximate surface area is 163 Å². The summed E-state index contributed by atoms with van der Waals surface area (Å²) in [6, 6.07) is 18.7. The van der Waals surface area contributed by atoms with Gasteiger partial charge in [-0.15, -0.1) is 0 Å². The minimum absolute atomic E-state index is 0.295. The highest BCUT2D eigenvalue weighted by atomic mass is 16.5. The summed E-state index contributed by atoms with van der Waals surface area (Å²) in [7, 11) is 4.33. The first-order valence-corrected chi connectivity index (χ1v) is 9.70. The topological polar surface area (TPSA) is 26.3 Å². The van der Waals surface area contributed by atoms with Crippen LogP contribution in [-0.2, 0) is 16.1 Å². The van der Waals surface area contributed by atoms with E-state index in [-0.39, 0.29) is 5.97 Å². The fourth-order valence-corrected chi connectivity index (χ4v) is 2.93. The maximum Gasteiger partial charge on any atom is 0.330 e. The number of hydrogen-bond donors (Lipinski definition) is 0. The Morgan fingerprint density at radius 2 is 1.74 bits per heavy atom. The molecule has 0 amide bonds. The lowest BCUT2D eigenvalue weighted by atomic mass is 9.97. The quantitative estimate of drug-likeness (QED) is 0.353. The van der Waals surface area contributed by atoms with E-state index in [1.54, 1.807) is 6.08 Å². The van der Waals surface area contributed by atoms with Crippen molar-refractivity contribution in [3.63, 3.8) is 0 Å². The van der Waals surface area contributed by atoms with Crippen LogP contribution in [0, 0.1) is 0 Å². The molecule has 1 atom stereocenters. The number of rotatable bonds is 9. The van der Waals surface area contributed by atoms with Gasteiger partial charge in [0.1, 0.15) is 19.7 Å². The molecule has 0 aliphatic carbocycles. The average molecular weight is 367 g/mol. The van der Waals surface area contributed by atoms with E-state index >= 15 is 0 Å². The summed E-state index contributed by atoms with van der Waals surface area (Å²) in [5.41, 5.74) is 3.69. The molecular formula is C24H32NO2+. The Morgan fingerprint density at radius 3 is 2.37 bits per heavy atom. The van der Waals surface area contributed by atoms with Crippen molar-refractivity contribution in [3.05, 3.63) is 77.4 Å². The van der Waals surface area contributed by atoms with Gasteiger partial charge in [0.2, 0.25) is 0 Å². The van der Waals surface area contributed by atoms with Crippen molar-refractivity contribution in [2.24, 2.45) is 0 Å². The van der Waals surface area contributed by atoms with Crippen LogP contribution in [0.4, 0.5) is 0 Å². The summed E-state index contributed by atoms with van der Waals surface area (Å²) in [6.45, 7) is 6.58. The first-order valence-electron chi connectivity index (χ1n) is 9.70. The number of likely N-dealkylation sites (N-methyl/N-ethyl adjacent to an activating group) is 1. The van der Waals surface area contributed by atoms with Crippen LogP contribution in [0.3, 0.4) is 0 Å². The molecule has 1 unspecified atom stereocenters. The van der Waals surface area contributed by atoms with Crippen molar-refractivity contribution >= 4 is 12.0 Å². The number of quaternary nitrogens is 1. The minimum atomic E-state index is -0.295. The summed E-state index contributed by atoms with van der Waals surface area (Å²) in [5, 5.41) is 0. The third-order valence-electron chi connectivity index (χ3n) is 4.92. The molecule has 27 heavy (non-hydrogen) atoms. The zero-order valence-electron chi connectivity index (χ0n) is 17.0. The van der Waals surface area contributed by atoms with Crippen molar-refractivity contribution in [2.45, 2.75) is 32.7 Å². The Bertz CT molecular complexity index is 733. The molecule has 3 nitrogen and oxygen atoms in total. The molecule has 0 heterocycles. The molecule has 0 fully saturated rings. The molecule has 0 spiro atoms. The molecule has 2 rings (SSSR count). The first kappa shape index (κ1) is 20.9. The van der Waals surface area contributed by atoms with Crippen LogP contribution < -0.4 is 0 Å². The zero-order chi connectivity index (χ0) is 19.7. The third kappa shape index (κ3) is 7.40. The van der Waals surface area contributed by atoms with Gasteiger partial charge in [0.05, 0.1) is 14.1 Å². The number of hydrogen-bond acceptors (Lipinski definition) is 2. The van der Waals surface area contributed by atoms with E-state index in [9.17, 15) is 4.79 Å². The van der Waals surface area contributed by atoms with Crippen LogP contribution in [0.25, 0.3) is 6.08 Å². The molecule has 0 radical (unpaired) electrons. The van der Waals surface area contributed by atoms with E-state index in [1.807, 2.05) is 30.3 Å². The SMILES string of the molecule is CCC(C)c1ccc(C[N+](C)(C)CCOC(=O)C=Cc2ccccc2)cc1. The normalized spacial score (nSPS) is 12.9. The maximum absolute atomic E-state index is 11.9. The van der Waals surface area contributed by atoms with Gasteiger partial charge in [-0.3, -0.25) is 0 Å². The van der Waals surface area contributed by atoms with Gasteiger partial charge in [-0.2, -0.15) is 0 Å². The highest BCUT2D eigenvalue weighted by Crippen LogP contribution is 2.20. The summed E-state index contributed by atoms with van der Waals surface area (Å²) >= 11 is 0. The summed E-state index contributed by atoms with van der Waals surface area (Å²) < 4.78 is 6.14. The molecule has 0 aromatic heterocycles. The highest BCUT2D eigenvalue weighted by Gasteiger charge is 2.17. The number of esters is 1. The lowest BCUT2D eigenvalue weighted by Crippen LogP contribution is -2.41. The lowest BCUT2D eigenvalue weighted by molar-refractivity contribution is -0.903. The highest BCUT2D eigenvalue weighted by molar-refractivity contribution is 5.86. The van der Waals surface area contributed by atoms with Crippen LogP contribution in [0.1, 0.15) is 42.9 Å². The Balaban J connectivity index is 1.78. The fraction of sp³-hybridized carbons (Fsp3) is 0.375. The molecular weight excluding hydrogens is 334 g/mol. The van der Waals surface area contributed by atoms with E-state index in [2.05, 4.69) is 52.2 Å². The molecule has 2 aromatic carbocycles. The number of benzene rings is 2. The lowest BCUT2D eigenvalue weighted by Gasteiger charge is -2.29. The van der Waals surface area contributed by atoms with Crippen LogP contribution in [-0.4, -0.2) is 37.7 Å².